The number of aliphatic hydroxyl groups is 1. The molecule has 2 nitrogen and oxygen atoms in total. The van der Waals surface area contributed by atoms with Gasteiger partial charge in [0.05, 0.1) is 6.10 Å². The van der Waals surface area contributed by atoms with Gasteiger partial charge in [0.25, 0.3) is 0 Å². The highest BCUT2D eigenvalue weighted by molar-refractivity contribution is 5.57. The highest BCUT2D eigenvalue weighted by atomic mass is 19.1. The van der Waals surface area contributed by atoms with Crippen molar-refractivity contribution in [1.29, 1.82) is 0 Å². The number of halogens is 1. The van der Waals surface area contributed by atoms with Crippen LogP contribution in [0.15, 0.2) is 12.1 Å². The highest BCUT2D eigenvalue weighted by Gasteiger charge is 2.25. The van der Waals surface area contributed by atoms with Gasteiger partial charge in [-0.25, -0.2) is 4.39 Å². The second kappa shape index (κ2) is 5.49. The van der Waals surface area contributed by atoms with Crippen LogP contribution in [0.25, 0.3) is 0 Å². The van der Waals surface area contributed by atoms with Gasteiger partial charge in [-0.05, 0) is 49.8 Å². The summed E-state index contributed by atoms with van der Waals surface area (Å²) in [6, 6.07) is 3.36. The van der Waals surface area contributed by atoms with E-state index < -0.39 is 6.10 Å². The number of anilines is 1. The Morgan fingerprint density at radius 2 is 1.84 bits per heavy atom. The summed E-state index contributed by atoms with van der Waals surface area (Å²) >= 11 is 0. The lowest BCUT2D eigenvalue weighted by molar-refractivity contribution is 0.198. The third-order valence-electron chi connectivity index (χ3n) is 3.97. The summed E-state index contributed by atoms with van der Waals surface area (Å²) in [7, 11) is 0. The van der Waals surface area contributed by atoms with E-state index in [9.17, 15) is 9.50 Å². The van der Waals surface area contributed by atoms with Crippen LogP contribution < -0.4 is 4.90 Å². The molecule has 19 heavy (non-hydrogen) atoms. The third-order valence-corrected chi connectivity index (χ3v) is 3.97. The summed E-state index contributed by atoms with van der Waals surface area (Å²) in [6.07, 6.45) is 0.596. The maximum atomic E-state index is 13.7. The molecule has 0 radical (unpaired) electrons. The monoisotopic (exact) mass is 265 g/mol. The molecule has 3 heteroatoms. The molecule has 1 heterocycles. The molecule has 2 rings (SSSR count). The Hall–Kier alpha value is -1.09. The van der Waals surface area contributed by atoms with E-state index >= 15 is 0 Å². The summed E-state index contributed by atoms with van der Waals surface area (Å²) in [6.45, 7) is 9.94. The fraction of sp³-hybridized carbons (Fsp3) is 0.625. The molecule has 0 spiro atoms. The SMILES string of the molecule is Cc1cc(N2CC(C)CC(C)C2)c([C@@H](C)O)cc1F. The molecule has 0 aromatic heterocycles. The van der Waals surface area contributed by atoms with Crippen molar-refractivity contribution in [2.24, 2.45) is 11.8 Å². The van der Waals surface area contributed by atoms with Crippen LogP contribution in [0, 0.1) is 24.6 Å². The van der Waals surface area contributed by atoms with Crippen LogP contribution in [0.1, 0.15) is 44.4 Å². The van der Waals surface area contributed by atoms with Crippen LogP contribution in [0.3, 0.4) is 0 Å². The van der Waals surface area contributed by atoms with Crippen LogP contribution in [-0.4, -0.2) is 18.2 Å². The smallest absolute Gasteiger partial charge is 0.126 e. The number of nitrogens with zero attached hydrogens (tertiary/aromatic N) is 1. The average Bonchev–Trinajstić information content (AvgIpc) is 2.30. The molecule has 2 unspecified atom stereocenters. The van der Waals surface area contributed by atoms with Crippen LogP contribution in [-0.2, 0) is 0 Å². The van der Waals surface area contributed by atoms with Gasteiger partial charge in [-0.2, -0.15) is 0 Å². The van der Waals surface area contributed by atoms with E-state index in [4.69, 9.17) is 0 Å². The van der Waals surface area contributed by atoms with Gasteiger partial charge in [0.2, 0.25) is 0 Å². The summed E-state index contributed by atoms with van der Waals surface area (Å²) in [4.78, 5) is 2.30. The number of piperidine rings is 1. The third kappa shape index (κ3) is 3.08. The van der Waals surface area contributed by atoms with Crippen molar-refractivity contribution in [1.82, 2.24) is 0 Å². The molecule has 0 bridgehead atoms. The van der Waals surface area contributed by atoms with Gasteiger partial charge in [0, 0.05) is 24.3 Å². The molecule has 0 aliphatic carbocycles. The molecule has 106 valence electrons. The van der Waals surface area contributed by atoms with Gasteiger partial charge < -0.3 is 10.0 Å². The fourth-order valence-corrected chi connectivity index (χ4v) is 3.15. The van der Waals surface area contributed by atoms with Crippen LogP contribution in [0.5, 0.6) is 0 Å². The maximum absolute atomic E-state index is 13.7. The number of aliphatic hydroxyl groups excluding tert-OH is 1. The van der Waals surface area contributed by atoms with Crippen molar-refractivity contribution in [3.63, 3.8) is 0 Å². The summed E-state index contributed by atoms with van der Waals surface area (Å²) in [5.74, 6) is 1.03. The molecule has 1 aliphatic heterocycles. The fourth-order valence-electron chi connectivity index (χ4n) is 3.15. The van der Waals surface area contributed by atoms with Crippen LogP contribution in [0.4, 0.5) is 10.1 Å². The first-order chi connectivity index (χ1) is 8.88. The van der Waals surface area contributed by atoms with E-state index in [2.05, 4.69) is 18.7 Å². The van der Waals surface area contributed by atoms with Gasteiger partial charge in [-0.3, -0.25) is 0 Å². The van der Waals surface area contributed by atoms with Gasteiger partial charge in [0.1, 0.15) is 5.82 Å². The molecule has 1 N–H and O–H groups in total. The van der Waals surface area contributed by atoms with Crippen LogP contribution in [0.2, 0.25) is 0 Å². The van der Waals surface area contributed by atoms with Gasteiger partial charge in [0.15, 0.2) is 0 Å². The maximum Gasteiger partial charge on any atom is 0.126 e. The molecule has 1 fully saturated rings. The minimum Gasteiger partial charge on any atom is -0.389 e. The van der Waals surface area contributed by atoms with E-state index in [-0.39, 0.29) is 5.82 Å². The minimum atomic E-state index is -0.641. The lowest BCUT2D eigenvalue weighted by atomic mass is 9.90. The predicted octanol–water partition coefficient (Wildman–Crippen LogP) is 3.67. The topological polar surface area (TPSA) is 23.5 Å². The minimum absolute atomic E-state index is 0.238. The average molecular weight is 265 g/mol. The molecule has 3 atom stereocenters. The normalized spacial score (nSPS) is 25.5. The first-order valence-corrected chi connectivity index (χ1v) is 7.11. The Morgan fingerprint density at radius 1 is 1.26 bits per heavy atom. The number of aryl methyl sites for hydroxylation is 1. The van der Waals surface area contributed by atoms with E-state index in [0.29, 0.717) is 23.0 Å². The molecular weight excluding hydrogens is 241 g/mol. The molecule has 0 saturated carbocycles. The van der Waals surface area contributed by atoms with Crippen molar-refractivity contribution < 1.29 is 9.50 Å². The lowest BCUT2D eigenvalue weighted by Gasteiger charge is -2.38. The van der Waals surface area contributed by atoms with Crippen LogP contribution >= 0.6 is 0 Å². The lowest BCUT2D eigenvalue weighted by Crippen LogP contribution is -2.39. The molecule has 1 aliphatic rings. The van der Waals surface area contributed by atoms with Crippen molar-refractivity contribution >= 4 is 5.69 Å². The molecule has 0 amide bonds. The zero-order chi connectivity index (χ0) is 14.2. The van der Waals surface area contributed by atoms with Crippen molar-refractivity contribution in [2.45, 2.75) is 40.2 Å². The Kier molecular flexibility index (Phi) is 4.14. The molecular formula is C16H24FNO. The number of rotatable bonds is 2. The second-order valence-corrected chi connectivity index (χ2v) is 6.19. The Labute approximate surface area is 115 Å². The largest absolute Gasteiger partial charge is 0.389 e. The van der Waals surface area contributed by atoms with Crippen molar-refractivity contribution in [3.05, 3.63) is 29.1 Å². The Bertz CT molecular complexity index is 448. The Morgan fingerprint density at radius 3 is 2.37 bits per heavy atom. The van der Waals surface area contributed by atoms with E-state index in [1.165, 1.54) is 12.5 Å². The first-order valence-electron chi connectivity index (χ1n) is 7.11. The zero-order valence-electron chi connectivity index (χ0n) is 12.3. The standard InChI is InChI=1S/C16H24FNO/c1-10-5-11(2)9-18(8-10)16-6-12(3)15(17)7-14(16)13(4)19/h6-7,10-11,13,19H,5,8-9H2,1-4H3/t10?,11?,13-/m1/s1. The van der Waals surface area contributed by atoms with E-state index in [1.54, 1.807) is 13.8 Å². The zero-order valence-corrected chi connectivity index (χ0v) is 12.3. The summed E-state index contributed by atoms with van der Waals surface area (Å²) in [5.41, 5.74) is 2.34. The van der Waals surface area contributed by atoms with Gasteiger partial charge in [-0.15, -0.1) is 0 Å². The van der Waals surface area contributed by atoms with E-state index in [1.807, 2.05) is 6.07 Å². The predicted molar refractivity (Wildman–Crippen MR) is 76.9 cm³/mol. The molecule has 1 aromatic carbocycles. The molecule has 1 saturated heterocycles. The summed E-state index contributed by atoms with van der Waals surface area (Å²) < 4.78 is 13.7. The highest BCUT2D eigenvalue weighted by Crippen LogP contribution is 2.33. The number of hydrogen-bond donors (Lipinski definition) is 1. The van der Waals surface area contributed by atoms with Crippen molar-refractivity contribution in [3.8, 4) is 0 Å². The molecule has 1 aromatic rings. The number of hydrogen-bond acceptors (Lipinski definition) is 2. The Balaban J connectivity index is 2.40. The van der Waals surface area contributed by atoms with Gasteiger partial charge >= 0.3 is 0 Å². The van der Waals surface area contributed by atoms with E-state index in [0.717, 1.165) is 18.8 Å². The quantitative estimate of drug-likeness (QED) is 0.882. The number of benzene rings is 1. The summed E-state index contributed by atoms with van der Waals surface area (Å²) in [5, 5.41) is 9.89. The first kappa shape index (κ1) is 14.3. The van der Waals surface area contributed by atoms with Crippen molar-refractivity contribution in [2.75, 3.05) is 18.0 Å². The van der Waals surface area contributed by atoms with Gasteiger partial charge in [-0.1, -0.05) is 13.8 Å². The second-order valence-electron chi connectivity index (χ2n) is 6.19.